The van der Waals surface area contributed by atoms with E-state index >= 15 is 0 Å². The van der Waals surface area contributed by atoms with Gasteiger partial charge in [0, 0.05) is 6.42 Å². The average Bonchev–Trinajstić information content (AvgIpc) is 2.53. The largest absolute Gasteiger partial charge is 0.508 e. The van der Waals surface area contributed by atoms with Crippen LogP contribution in [-0.2, 0) is 20.8 Å². The molecule has 0 saturated carbocycles. The van der Waals surface area contributed by atoms with Gasteiger partial charge in [0.2, 0.25) is 11.8 Å². The summed E-state index contributed by atoms with van der Waals surface area (Å²) in [6, 6.07) is 4.45. The van der Waals surface area contributed by atoms with Crippen LogP contribution >= 0.6 is 0 Å². The molecule has 2 amide bonds. The summed E-state index contributed by atoms with van der Waals surface area (Å²) in [5, 5.41) is 22.8. The minimum Gasteiger partial charge on any atom is -0.508 e. The third-order valence-electron chi connectivity index (χ3n) is 3.49. The monoisotopic (exact) mass is 351 g/mol. The van der Waals surface area contributed by atoms with Crippen molar-refractivity contribution in [2.24, 2.45) is 11.7 Å². The maximum absolute atomic E-state index is 12.2. The van der Waals surface area contributed by atoms with Crippen molar-refractivity contribution < 1.29 is 24.6 Å². The number of carboxylic acids is 1. The van der Waals surface area contributed by atoms with E-state index in [0.29, 0.717) is 12.0 Å². The van der Waals surface area contributed by atoms with Crippen molar-refractivity contribution in [1.82, 2.24) is 10.6 Å². The van der Waals surface area contributed by atoms with Crippen molar-refractivity contribution in [3.05, 3.63) is 29.8 Å². The smallest absolute Gasteiger partial charge is 0.322 e. The fraction of sp³-hybridized carbons (Fsp3) is 0.471. The van der Waals surface area contributed by atoms with Gasteiger partial charge in [0.25, 0.3) is 0 Å². The number of carbonyl (C=O) groups excluding carboxylic acids is 2. The Morgan fingerprint density at radius 1 is 1.12 bits per heavy atom. The van der Waals surface area contributed by atoms with E-state index < -0.39 is 36.4 Å². The molecule has 25 heavy (non-hydrogen) atoms. The van der Waals surface area contributed by atoms with Gasteiger partial charge >= 0.3 is 5.97 Å². The van der Waals surface area contributed by atoms with Crippen LogP contribution in [0.3, 0.4) is 0 Å². The minimum absolute atomic E-state index is 0.0821. The van der Waals surface area contributed by atoms with Crippen LogP contribution in [-0.4, -0.2) is 46.6 Å². The standard InChI is InChI=1S/C17H25N3O5/c1-10(2)7-13(18)16(24)20-14(17(25)19-9-15(22)23)8-11-3-5-12(21)6-4-11/h3-6,10,13-14,21H,7-9,18H2,1-2H3,(H,19,25)(H,20,24)(H,22,23)/t13-,14-/m0/s1. The SMILES string of the molecule is CC(C)C[C@H](N)C(=O)N[C@@H](Cc1ccc(O)cc1)C(=O)NCC(=O)O. The molecule has 8 heteroatoms. The van der Waals surface area contributed by atoms with Crippen molar-refractivity contribution in [2.75, 3.05) is 6.54 Å². The van der Waals surface area contributed by atoms with Gasteiger partial charge in [-0.1, -0.05) is 26.0 Å². The lowest BCUT2D eigenvalue weighted by Gasteiger charge is -2.21. The first-order chi connectivity index (χ1) is 11.7. The van der Waals surface area contributed by atoms with Gasteiger partial charge < -0.3 is 26.6 Å². The summed E-state index contributed by atoms with van der Waals surface area (Å²) in [6.45, 7) is 3.32. The summed E-state index contributed by atoms with van der Waals surface area (Å²) >= 11 is 0. The van der Waals surface area contributed by atoms with E-state index in [1.165, 1.54) is 12.1 Å². The summed E-state index contributed by atoms with van der Waals surface area (Å²) in [7, 11) is 0. The van der Waals surface area contributed by atoms with E-state index in [4.69, 9.17) is 10.8 Å². The predicted molar refractivity (Wildman–Crippen MR) is 91.8 cm³/mol. The first-order valence-electron chi connectivity index (χ1n) is 8.02. The normalized spacial score (nSPS) is 13.1. The van der Waals surface area contributed by atoms with E-state index in [-0.39, 0.29) is 18.1 Å². The highest BCUT2D eigenvalue weighted by Gasteiger charge is 2.24. The molecular weight excluding hydrogens is 326 g/mol. The number of aromatic hydroxyl groups is 1. The van der Waals surface area contributed by atoms with Crippen LogP contribution in [0.25, 0.3) is 0 Å². The van der Waals surface area contributed by atoms with E-state index in [1.54, 1.807) is 12.1 Å². The van der Waals surface area contributed by atoms with Gasteiger partial charge in [-0.25, -0.2) is 0 Å². The molecule has 0 aliphatic rings. The molecule has 1 aromatic carbocycles. The Balaban J connectivity index is 2.82. The van der Waals surface area contributed by atoms with Crippen molar-refractivity contribution in [3.63, 3.8) is 0 Å². The Morgan fingerprint density at radius 3 is 2.24 bits per heavy atom. The second-order valence-corrected chi connectivity index (χ2v) is 6.28. The number of carboxylic acid groups (broad SMARTS) is 1. The molecule has 0 saturated heterocycles. The van der Waals surface area contributed by atoms with Crippen LogP contribution in [0.2, 0.25) is 0 Å². The second-order valence-electron chi connectivity index (χ2n) is 6.28. The second kappa shape index (κ2) is 9.63. The highest BCUT2D eigenvalue weighted by molar-refractivity contribution is 5.91. The van der Waals surface area contributed by atoms with E-state index in [1.807, 2.05) is 13.8 Å². The number of phenolic OH excluding ortho intramolecular Hbond substituents is 1. The third-order valence-corrected chi connectivity index (χ3v) is 3.49. The van der Waals surface area contributed by atoms with E-state index in [2.05, 4.69) is 10.6 Å². The van der Waals surface area contributed by atoms with Gasteiger partial charge in [0.1, 0.15) is 18.3 Å². The molecule has 1 rings (SSSR count). The Morgan fingerprint density at radius 2 is 1.72 bits per heavy atom. The average molecular weight is 351 g/mol. The number of aliphatic carboxylic acids is 1. The minimum atomic E-state index is -1.18. The molecule has 138 valence electrons. The molecule has 0 radical (unpaired) electrons. The highest BCUT2D eigenvalue weighted by atomic mass is 16.4. The van der Waals surface area contributed by atoms with E-state index in [9.17, 15) is 19.5 Å². The number of nitrogens with one attached hydrogen (secondary N) is 2. The molecule has 0 aromatic heterocycles. The van der Waals surface area contributed by atoms with Gasteiger partial charge in [0.05, 0.1) is 6.04 Å². The number of amides is 2. The number of hydrogen-bond donors (Lipinski definition) is 5. The van der Waals surface area contributed by atoms with Crippen molar-refractivity contribution in [1.29, 1.82) is 0 Å². The first kappa shape index (κ1) is 20.4. The number of nitrogens with two attached hydrogens (primary N) is 1. The molecule has 0 aliphatic carbocycles. The summed E-state index contributed by atoms with van der Waals surface area (Å²) in [5.41, 5.74) is 6.53. The Labute approximate surface area is 146 Å². The van der Waals surface area contributed by atoms with Gasteiger partial charge in [-0.2, -0.15) is 0 Å². The number of phenols is 1. The zero-order chi connectivity index (χ0) is 19.0. The number of benzene rings is 1. The maximum atomic E-state index is 12.2. The zero-order valence-corrected chi connectivity index (χ0v) is 14.4. The highest BCUT2D eigenvalue weighted by Crippen LogP contribution is 2.12. The summed E-state index contributed by atoms with van der Waals surface area (Å²) in [4.78, 5) is 35.0. The predicted octanol–water partition coefficient (Wildman–Crippen LogP) is -0.00630. The molecule has 8 nitrogen and oxygen atoms in total. The van der Waals surface area contributed by atoms with Crippen molar-refractivity contribution in [3.8, 4) is 5.75 Å². The molecule has 6 N–H and O–H groups in total. The van der Waals surface area contributed by atoms with Crippen LogP contribution in [0.1, 0.15) is 25.8 Å². The number of rotatable bonds is 9. The molecule has 0 heterocycles. The fourth-order valence-electron chi connectivity index (χ4n) is 2.26. The van der Waals surface area contributed by atoms with E-state index in [0.717, 1.165) is 0 Å². The summed E-state index contributed by atoms with van der Waals surface area (Å²) < 4.78 is 0. The van der Waals surface area contributed by atoms with Gasteiger partial charge in [0.15, 0.2) is 0 Å². The fourth-order valence-corrected chi connectivity index (χ4v) is 2.26. The third kappa shape index (κ3) is 7.67. The van der Waals surface area contributed by atoms with Crippen LogP contribution in [0.5, 0.6) is 5.75 Å². The summed E-state index contributed by atoms with van der Waals surface area (Å²) in [6.07, 6.45) is 0.611. The van der Waals surface area contributed by atoms with Crippen LogP contribution < -0.4 is 16.4 Å². The first-order valence-corrected chi connectivity index (χ1v) is 8.02. The molecular formula is C17H25N3O5. The molecule has 0 spiro atoms. The quantitative estimate of drug-likeness (QED) is 0.424. The topological polar surface area (TPSA) is 142 Å². The lowest BCUT2D eigenvalue weighted by atomic mass is 10.0. The van der Waals surface area contributed by atoms with Crippen LogP contribution in [0.4, 0.5) is 0 Å². The maximum Gasteiger partial charge on any atom is 0.322 e. The van der Waals surface area contributed by atoms with Crippen molar-refractivity contribution >= 4 is 17.8 Å². The molecule has 1 aromatic rings. The number of carbonyl (C=O) groups is 3. The zero-order valence-electron chi connectivity index (χ0n) is 14.4. The lowest BCUT2D eigenvalue weighted by Crippen LogP contribution is -2.53. The Kier molecular flexibility index (Phi) is 7.87. The van der Waals surface area contributed by atoms with Gasteiger partial charge in [-0.05, 0) is 30.0 Å². The van der Waals surface area contributed by atoms with Gasteiger partial charge in [-0.15, -0.1) is 0 Å². The lowest BCUT2D eigenvalue weighted by molar-refractivity contribution is -0.138. The molecule has 0 fully saturated rings. The van der Waals surface area contributed by atoms with Gasteiger partial charge in [-0.3, -0.25) is 14.4 Å². The molecule has 0 bridgehead atoms. The number of hydrogen-bond acceptors (Lipinski definition) is 5. The Hall–Kier alpha value is -2.61. The van der Waals surface area contributed by atoms with Crippen LogP contribution in [0, 0.1) is 5.92 Å². The molecule has 0 unspecified atom stereocenters. The summed E-state index contributed by atoms with van der Waals surface area (Å²) in [5.74, 6) is -1.96. The molecule has 2 atom stereocenters. The van der Waals surface area contributed by atoms with Crippen molar-refractivity contribution in [2.45, 2.75) is 38.8 Å². The molecule has 0 aliphatic heterocycles. The Bertz CT molecular complexity index is 601. The van der Waals surface area contributed by atoms with Crippen LogP contribution in [0.15, 0.2) is 24.3 Å².